The zero-order chi connectivity index (χ0) is 16.1. The lowest BCUT2D eigenvalue weighted by molar-refractivity contribution is -0.117. The number of rotatable bonds is 5. The number of halogens is 2. The van der Waals surface area contributed by atoms with Gasteiger partial charge in [-0.25, -0.2) is 4.39 Å². The quantitative estimate of drug-likeness (QED) is 0.861. The highest BCUT2D eigenvalue weighted by atomic mass is 79.9. The van der Waals surface area contributed by atoms with Crippen molar-refractivity contribution in [1.82, 2.24) is 4.90 Å². The van der Waals surface area contributed by atoms with Gasteiger partial charge in [-0.2, -0.15) is 0 Å². The van der Waals surface area contributed by atoms with Crippen LogP contribution in [0.15, 0.2) is 53.0 Å². The van der Waals surface area contributed by atoms with E-state index in [0.29, 0.717) is 0 Å². The third-order valence-electron chi connectivity index (χ3n) is 3.53. The number of nitrogens with zero attached hydrogens (tertiary/aromatic N) is 1. The molecule has 0 aliphatic rings. The molecule has 0 saturated carbocycles. The molecule has 2 aromatic rings. The number of carbonyl (C=O) groups is 1. The van der Waals surface area contributed by atoms with Gasteiger partial charge in [-0.05, 0) is 55.9 Å². The molecule has 0 spiro atoms. The third kappa shape index (κ3) is 4.64. The number of carbonyl (C=O) groups excluding carboxylic acids is 1. The molecule has 5 heteroatoms. The van der Waals surface area contributed by atoms with Crippen LogP contribution < -0.4 is 5.32 Å². The maximum Gasteiger partial charge on any atom is 0.238 e. The Bertz CT molecular complexity index is 628. The third-order valence-corrected chi connectivity index (χ3v) is 4.06. The minimum absolute atomic E-state index is 0.0243. The van der Waals surface area contributed by atoms with E-state index in [1.54, 1.807) is 12.1 Å². The molecule has 0 unspecified atom stereocenters. The zero-order valence-corrected chi connectivity index (χ0v) is 14.1. The molecule has 0 fully saturated rings. The van der Waals surface area contributed by atoms with Crippen LogP contribution >= 0.6 is 15.9 Å². The van der Waals surface area contributed by atoms with Gasteiger partial charge in [-0.1, -0.05) is 28.1 Å². The van der Waals surface area contributed by atoms with Gasteiger partial charge >= 0.3 is 0 Å². The maximum absolute atomic E-state index is 13.0. The Labute approximate surface area is 138 Å². The van der Waals surface area contributed by atoms with E-state index >= 15 is 0 Å². The van der Waals surface area contributed by atoms with Gasteiger partial charge in [0, 0.05) is 16.2 Å². The van der Waals surface area contributed by atoms with Gasteiger partial charge in [-0.15, -0.1) is 0 Å². The van der Waals surface area contributed by atoms with Gasteiger partial charge < -0.3 is 5.32 Å². The highest BCUT2D eigenvalue weighted by Crippen LogP contribution is 2.19. The van der Waals surface area contributed by atoms with Crippen LogP contribution in [-0.2, 0) is 4.79 Å². The molecule has 0 saturated heterocycles. The summed E-state index contributed by atoms with van der Waals surface area (Å²) in [5.41, 5.74) is 1.73. The van der Waals surface area contributed by atoms with Crippen LogP contribution in [0.3, 0.4) is 0 Å². The summed E-state index contributed by atoms with van der Waals surface area (Å²) >= 11 is 3.35. The predicted molar refractivity (Wildman–Crippen MR) is 90.2 cm³/mol. The molecular weight excluding hydrogens is 347 g/mol. The Morgan fingerprint density at radius 2 is 1.77 bits per heavy atom. The summed E-state index contributed by atoms with van der Waals surface area (Å²) in [7, 11) is 1.87. The van der Waals surface area contributed by atoms with E-state index in [1.165, 1.54) is 12.1 Å². The molecule has 2 rings (SSSR count). The molecule has 0 heterocycles. The predicted octanol–water partition coefficient (Wildman–Crippen LogP) is 4.22. The Morgan fingerprint density at radius 3 is 2.36 bits per heavy atom. The number of hydrogen-bond donors (Lipinski definition) is 1. The second-order valence-electron chi connectivity index (χ2n) is 5.20. The van der Waals surface area contributed by atoms with Gasteiger partial charge in [0.25, 0.3) is 0 Å². The minimum Gasteiger partial charge on any atom is -0.325 e. The maximum atomic E-state index is 13.0. The Balaban J connectivity index is 1.92. The lowest BCUT2D eigenvalue weighted by Gasteiger charge is -2.24. The van der Waals surface area contributed by atoms with Gasteiger partial charge in [0.15, 0.2) is 0 Å². The number of likely N-dealkylation sites (N-methyl/N-ethyl adjacent to an activating group) is 1. The largest absolute Gasteiger partial charge is 0.325 e. The standard InChI is InChI=1S/C17H18BrFN2O/c1-12(13-3-7-15(19)8-4-13)21(2)11-17(22)20-16-9-5-14(18)6-10-16/h3-10,12H,11H2,1-2H3,(H,20,22)/t12-/m1/s1. The van der Waals surface area contributed by atoms with Crippen LogP contribution in [0.4, 0.5) is 10.1 Å². The fraction of sp³-hybridized carbons (Fsp3) is 0.235. The second-order valence-corrected chi connectivity index (χ2v) is 6.11. The van der Waals surface area contributed by atoms with Crippen molar-refractivity contribution in [2.75, 3.05) is 18.9 Å². The number of nitrogens with one attached hydrogen (secondary N) is 1. The van der Waals surface area contributed by atoms with Crippen molar-refractivity contribution in [3.8, 4) is 0 Å². The van der Waals surface area contributed by atoms with Gasteiger partial charge in [-0.3, -0.25) is 9.69 Å². The Kier molecular flexibility index (Phi) is 5.69. The van der Waals surface area contributed by atoms with E-state index in [9.17, 15) is 9.18 Å². The fourth-order valence-electron chi connectivity index (χ4n) is 2.09. The van der Waals surface area contributed by atoms with Crippen LogP contribution in [0.1, 0.15) is 18.5 Å². The SMILES string of the molecule is C[C@H](c1ccc(F)cc1)N(C)CC(=O)Nc1ccc(Br)cc1. The van der Waals surface area contributed by atoms with Crippen LogP contribution in [0.2, 0.25) is 0 Å². The average Bonchev–Trinajstić information content (AvgIpc) is 2.49. The van der Waals surface area contributed by atoms with E-state index in [0.717, 1.165) is 15.7 Å². The topological polar surface area (TPSA) is 32.3 Å². The van der Waals surface area contributed by atoms with Crippen molar-refractivity contribution in [3.63, 3.8) is 0 Å². The van der Waals surface area contributed by atoms with Crippen molar-refractivity contribution in [1.29, 1.82) is 0 Å². The van der Waals surface area contributed by atoms with Crippen LogP contribution in [-0.4, -0.2) is 24.4 Å². The lowest BCUT2D eigenvalue weighted by Crippen LogP contribution is -2.32. The van der Waals surface area contributed by atoms with E-state index in [2.05, 4.69) is 21.2 Å². The average molecular weight is 365 g/mol. The van der Waals surface area contributed by atoms with Crippen LogP contribution in [0.25, 0.3) is 0 Å². The fourth-order valence-corrected chi connectivity index (χ4v) is 2.36. The number of amides is 1. The molecule has 0 aliphatic carbocycles. The molecule has 1 atom stereocenters. The summed E-state index contributed by atoms with van der Waals surface area (Å²) in [5.74, 6) is -0.342. The molecule has 3 nitrogen and oxygen atoms in total. The molecule has 116 valence electrons. The number of anilines is 1. The van der Waals surface area contributed by atoms with E-state index in [4.69, 9.17) is 0 Å². The van der Waals surface area contributed by atoms with Crippen LogP contribution in [0.5, 0.6) is 0 Å². The molecule has 1 N–H and O–H groups in total. The normalized spacial score (nSPS) is 12.2. The zero-order valence-electron chi connectivity index (χ0n) is 12.5. The highest BCUT2D eigenvalue weighted by molar-refractivity contribution is 9.10. The van der Waals surface area contributed by atoms with Crippen molar-refractivity contribution < 1.29 is 9.18 Å². The monoisotopic (exact) mass is 364 g/mol. The summed E-state index contributed by atoms with van der Waals surface area (Å²) in [6.45, 7) is 2.24. The number of hydrogen-bond acceptors (Lipinski definition) is 2. The smallest absolute Gasteiger partial charge is 0.238 e. The van der Waals surface area contributed by atoms with Gasteiger partial charge in [0.2, 0.25) is 5.91 Å². The van der Waals surface area contributed by atoms with Crippen molar-refractivity contribution in [2.24, 2.45) is 0 Å². The Hall–Kier alpha value is -1.72. The summed E-state index contributed by atoms with van der Waals surface area (Å²) in [6.07, 6.45) is 0. The lowest BCUT2D eigenvalue weighted by atomic mass is 10.1. The van der Waals surface area contributed by atoms with E-state index in [-0.39, 0.29) is 24.3 Å². The van der Waals surface area contributed by atoms with Crippen LogP contribution in [0, 0.1) is 5.82 Å². The molecule has 0 bridgehead atoms. The summed E-state index contributed by atoms with van der Waals surface area (Å²) in [5, 5.41) is 2.85. The van der Waals surface area contributed by atoms with Crippen molar-refractivity contribution >= 4 is 27.5 Å². The highest BCUT2D eigenvalue weighted by Gasteiger charge is 2.15. The molecule has 2 aromatic carbocycles. The molecule has 1 amide bonds. The molecule has 22 heavy (non-hydrogen) atoms. The van der Waals surface area contributed by atoms with Gasteiger partial charge in [0.05, 0.1) is 6.54 Å². The summed E-state index contributed by atoms with van der Waals surface area (Å²) in [4.78, 5) is 14.0. The first-order chi connectivity index (χ1) is 10.5. The van der Waals surface area contributed by atoms with Crippen molar-refractivity contribution in [3.05, 3.63) is 64.4 Å². The molecule has 0 aromatic heterocycles. The summed E-state index contributed by atoms with van der Waals surface area (Å²) < 4.78 is 13.9. The second kappa shape index (κ2) is 7.51. The van der Waals surface area contributed by atoms with E-state index < -0.39 is 0 Å². The first-order valence-corrected chi connectivity index (χ1v) is 7.76. The minimum atomic E-state index is -0.258. The molecular formula is C17H18BrFN2O. The summed E-state index contributed by atoms with van der Waals surface area (Å²) in [6, 6.07) is 13.8. The number of benzene rings is 2. The Morgan fingerprint density at radius 1 is 1.18 bits per heavy atom. The molecule has 0 radical (unpaired) electrons. The van der Waals surface area contributed by atoms with Crippen molar-refractivity contribution in [2.45, 2.75) is 13.0 Å². The van der Waals surface area contributed by atoms with Gasteiger partial charge in [0.1, 0.15) is 5.82 Å². The molecule has 0 aliphatic heterocycles. The first-order valence-electron chi connectivity index (χ1n) is 6.97. The first kappa shape index (κ1) is 16.6. The van der Waals surface area contributed by atoms with E-state index in [1.807, 2.05) is 43.1 Å².